The molecule has 5 nitrogen and oxygen atoms in total. The van der Waals surface area contributed by atoms with Gasteiger partial charge in [-0.15, -0.1) is 0 Å². The van der Waals surface area contributed by atoms with E-state index >= 15 is 0 Å². The fourth-order valence-corrected chi connectivity index (χ4v) is 2.68. The third-order valence-corrected chi connectivity index (χ3v) is 4.10. The zero-order chi connectivity index (χ0) is 14.7. The summed E-state index contributed by atoms with van der Waals surface area (Å²) in [6, 6.07) is 5.27. The molecular weight excluding hydrogens is 254 g/mol. The smallest absolute Gasteiger partial charge is 0.248 e. The molecule has 5 heteroatoms. The maximum atomic E-state index is 11.1. The van der Waals surface area contributed by atoms with Crippen molar-refractivity contribution in [3.05, 3.63) is 29.3 Å². The summed E-state index contributed by atoms with van der Waals surface area (Å²) in [6.07, 6.45) is 1.40. The first-order valence-corrected chi connectivity index (χ1v) is 6.94. The van der Waals surface area contributed by atoms with Crippen LogP contribution < -0.4 is 11.5 Å². The Balaban J connectivity index is 2.05. The summed E-state index contributed by atoms with van der Waals surface area (Å²) in [4.78, 5) is 13.4. The summed E-state index contributed by atoms with van der Waals surface area (Å²) in [5.74, 6) is 0.139. The number of nitrogen functional groups attached to an aromatic ring is 1. The van der Waals surface area contributed by atoms with E-state index in [9.17, 15) is 4.79 Å². The summed E-state index contributed by atoms with van der Waals surface area (Å²) in [5.41, 5.74) is 13.4. The van der Waals surface area contributed by atoms with Gasteiger partial charge in [0.05, 0.1) is 6.10 Å². The minimum atomic E-state index is -0.450. The van der Waals surface area contributed by atoms with Crippen LogP contribution in [0.1, 0.15) is 29.3 Å². The van der Waals surface area contributed by atoms with Gasteiger partial charge in [-0.3, -0.25) is 9.69 Å². The molecule has 20 heavy (non-hydrogen) atoms. The van der Waals surface area contributed by atoms with E-state index in [2.05, 4.69) is 11.8 Å². The SMILES string of the molecule is COC1CN(Cc2ccc(C(N)=O)cc2N)CCC1C. The highest BCUT2D eigenvalue weighted by Crippen LogP contribution is 2.23. The fraction of sp³-hybridized carbons (Fsp3) is 0.533. The van der Waals surface area contributed by atoms with Crippen LogP contribution in [0.5, 0.6) is 0 Å². The predicted molar refractivity (Wildman–Crippen MR) is 79.2 cm³/mol. The number of piperidine rings is 1. The van der Waals surface area contributed by atoms with Gasteiger partial charge in [0, 0.05) is 31.5 Å². The molecule has 1 aromatic carbocycles. The van der Waals surface area contributed by atoms with E-state index in [1.807, 2.05) is 6.07 Å². The Bertz CT molecular complexity index is 490. The van der Waals surface area contributed by atoms with E-state index in [4.69, 9.17) is 16.2 Å². The van der Waals surface area contributed by atoms with Crippen LogP contribution in [0, 0.1) is 5.92 Å². The Morgan fingerprint density at radius 1 is 1.50 bits per heavy atom. The first kappa shape index (κ1) is 14.8. The lowest BCUT2D eigenvalue weighted by Gasteiger charge is -2.36. The second-order valence-electron chi connectivity index (χ2n) is 5.55. The molecule has 0 radical (unpaired) electrons. The van der Waals surface area contributed by atoms with Gasteiger partial charge in [0.15, 0.2) is 0 Å². The first-order valence-electron chi connectivity index (χ1n) is 6.94. The van der Waals surface area contributed by atoms with Crippen LogP contribution in [0.4, 0.5) is 5.69 Å². The molecule has 1 fully saturated rings. The van der Waals surface area contributed by atoms with Crippen molar-refractivity contribution in [1.82, 2.24) is 4.90 Å². The zero-order valence-electron chi connectivity index (χ0n) is 12.1. The molecule has 0 aliphatic carbocycles. The third kappa shape index (κ3) is 3.29. The van der Waals surface area contributed by atoms with E-state index in [-0.39, 0.29) is 6.10 Å². The number of primary amides is 1. The molecule has 0 aromatic heterocycles. The molecule has 1 saturated heterocycles. The van der Waals surface area contributed by atoms with Crippen molar-refractivity contribution in [3.8, 4) is 0 Å². The molecule has 1 aromatic rings. The molecule has 4 N–H and O–H groups in total. The van der Waals surface area contributed by atoms with Crippen molar-refractivity contribution in [2.24, 2.45) is 11.7 Å². The molecule has 1 aliphatic heterocycles. The quantitative estimate of drug-likeness (QED) is 0.811. The second-order valence-corrected chi connectivity index (χ2v) is 5.55. The van der Waals surface area contributed by atoms with Gasteiger partial charge < -0.3 is 16.2 Å². The van der Waals surface area contributed by atoms with Gasteiger partial charge in [0.25, 0.3) is 0 Å². The first-order chi connectivity index (χ1) is 9.51. The Morgan fingerprint density at radius 2 is 2.25 bits per heavy atom. The summed E-state index contributed by atoms with van der Waals surface area (Å²) < 4.78 is 5.52. The number of likely N-dealkylation sites (tertiary alicyclic amines) is 1. The molecule has 1 heterocycles. The average Bonchev–Trinajstić information content (AvgIpc) is 2.42. The molecular formula is C15H23N3O2. The van der Waals surface area contributed by atoms with Gasteiger partial charge in [-0.2, -0.15) is 0 Å². The van der Waals surface area contributed by atoms with Gasteiger partial charge in [-0.25, -0.2) is 0 Å². The van der Waals surface area contributed by atoms with Crippen LogP contribution in [0.15, 0.2) is 18.2 Å². The molecule has 1 amide bonds. The van der Waals surface area contributed by atoms with Crippen molar-refractivity contribution >= 4 is 11.6 Å². The van der Waals surface area contributed by atoms with E-state index in [0.29, 0.717) is 17.2 Å². The topological polar surface area (TPSA) is 81.6 Å². The number of anilines is 1. The molecule has 0 spiro atoms. The monoisotopic (exact) mass is 277 g/mol. The van der Waals surface area contributed by atoms with Crippen molar-refractivity contribution in [1.29, 1.82) is 0 Å². The minimum Gasteiger partial charge on any atom is -0.398 e. The van der Waals surface area contributed by atoms with E-state index in [0.717, 1.165) is 31.6 Å². The largest absolute Gasteiger partial charge is 0.398 e. The molecule has 2 rings (SSSR count). The molecule has 0 saturated carbocycles. The van der Waals surface area contributed by atoms with Gasteiger partial charge in [-0.1, -0.05) is 13.0 Å². The third-order valence-electron chi connectivity index (χ3n) is 4.10. The molecule has 110 valence electrons. The van der Waals surface area contributed by atoms with Gasteiger partial charge in [-0.05, 0) is 36.6 Å². The minimum absolute atomic E-state index is 0.273. The summed E-state index contributed by atoms with van der Waals surface area (Å²) in [7, 11) is 1.76. The molecule has 0 bridgehead atoms. The number of hydrogen-bond donors (Lipinski definition) is 2. The Kier molecular flexibility index (Phi) is 4.62. The lowest BCUT2D eigenvalue weighted by molar-refractivity contribution is -0.00739. The summed E-state index contributed by atoms with van der Waals surface area (Å²) in [5, 5.41) is 0. The zero-order valence-corrected chi connectivity index (χ0v) is 12.1. The van der Waals surface area contributed by atoms with Gasteiger partial charge >= 0.3 is 0 Å². The number of nitrogens with two attached hydrogens (primary N) is 2. The number of carbonyl (C=O) groups excluding carboxylic acids is 1. The van der Waals surface area contributed by atoms with Crippen LogP contribution in [0.25, 0.3) is 0 Å². The number of ether oxygens (including phenoxy) is 1. The van der Waals surface area contributed by atoms with Crippen molar-refractivity contribution < 1.29 is 9.53 Å². The Labute approximate surface area is 119 Å². The predicted octanol–water partition coefficient (Wildman–Crippen LogP) is 1.22. The number of carbonyl (C=O) groups is 1. The maximum Gasteiger partial charge on any atom is 0.248 e. The lowest BCUT2D eigenvalue weighted by atomic mass is 9.95. The van der Waals surface area contributed by atoms with E-state index < -0.39 is 5.91 Å². The number of benzene rings is 1. The van der Waals surface area contributed by atoms with Gasteiger partial charge in [0.1, 0.15) is 0 Å². The second kappa shape index (κ2) is 6.24. The standard InChI is InChI=1S/C15H23N3O2/c1-10-5-6-18(9-14(10)20-2)8-12-4-3-11(15(17)19)7-13(12)16/h3-4,7,10,14H,5-6,8-9,16H2,1-2H3,(H2,17,19). The van der Waals surface area contributed by atoms with E-state index in [1.165, 1.54) is 0 Å². The number of amides is 1. The lowest BCUT2D eigenvalue weighted by Crippen LogP contribution is -2.43. The summed E-state index contributed by atoms with van der Waals surface area (Å²) >= 11 is 0. The van der Waals surface area contributed by atoms with E-state index in [1.54, 1.807) is 19.2 Å². The number of hydrogen-bond acceptors (Lipinski definition) is 4. The summed E-state index contributed by atoms with van der Waals surface area (Å²) in [6.45, 7) is 4.95. The van der Waals surface area contributed by atoms with Crippen LogP contribution in [0.3, 0.4) is 0 Å². The van der Waals surface area contributed by atoms with Crippen molar-refractivity contribution in [2.75, 3.05) is 25.9 Å². The van der Waals surface area contributed by atoms with Crippen LogP contribution in [-0.4, -0.2) is 37.1 Å². The van der Waals surface area contributed by atoms with Gasteiger partial charge in [0.2, 0.25) is 5.91 Å². The Morgan fingerprint density at radius 3 is 2.85 bits per heavy atom. The van der Waals surface area contributed by atoms with Crippen LogP contribution in [-0.2, 0) is 11.3 Å². The van der Waals surface area contributed by atoms with Crippen molar-refractivity contribution in [3.63, 3.8) is 0 Å². The number of nitrogens with zero attached hydrogens (tertiary/aromatic N) is 1. The normalized spacial score (nSPS) is 23.7. The Hall–Kier alpha value is -1.59. The molecule has 1 aliphatic rings. The average molecular weight is 277 g/mol. The highest BCUT2D eigenvalue weighted by molar-refractivity contribution is 5.93. The van der Waals surface area contributed by atoms with Crippen LogP contribution in [0.2, 0.25) is 0 Å². The fourth-order valence-electron chi connectivity index (χ4n) is 2.68. The molecule has 2 unspecified atom stereocenters. The van der Waals surface area contributed by atoms with Crippen LogP contribution >= 0.6 is 0 Å². The maximum absolute atomic E-state index is 11.1. The number of rotatable bonds is 4. The highest BCUT2D eigenvalue weighted by Gasteiger charge is 2.26. The molecule has 2 atom stereocenters. The van der Waals surface area contributed by atoms with Crippen molar-refractivity contribution in [2.45, 2.75) is 26.0 Å². The highest BCUT2D eigenvalue weighted by atomic mass is 16.5. The number of methoxy groups -OCH3 is 1.